The van der Waals surface area contributed by atoms with Crippen LogP contribution in [0.15, 0.2) is 28.7 Å². The Bertz CT molecular complexity index is 601. The number of hydrogen-bond acceptors (Lipinski definition) is 3. The van der Waals surface area contributed by atoms with E-state index in [4.69, 9.17) is 4.42 Å². The van der Waals surface area contributed by atoms with E-state index in [1.165, 1.54) is 0 Å². The summed E-state index contributed by atoms with van der Waals surface area (Å²) in [5.74, 6) is 0.500. The smallest absolute Gasteiger partial charge is 0.289 e. The van der Waals surface area contributed by atoms with Crippen molar-refractivity contribution >= 4 is 29.3 Å². The van der Waals surface area contributed by atoms with Crippen molar-refractivity contribution in [1.82, 2.24) is 10.2 Å². The van der Waals surface area contributed by atoms with Crippen molar-refractivity contribution < 1.29 is 9.21 Å². The van der Waals surface area contributed by atoms with Gasteiger partial charge in [0.2, 0.25) is 0 Å². The third-order valence-corrected chi connectivity index (χ3v) is 3.67. The van der Waals surface area contributed by atoms with Crippen LogP contribution in [0.3, 0.4) is 0 Å². The maximum atomic E-state index is 12.5. The van der Waals surface area contributed by atoms with Gasteiger partial charge in [-0.3, -0.25) is 4.79 Å². The second kappa shape index (κ2) is 6.29. The maximum absolute atomic E-state index is 12.5. The van der Waals surface area contributed by atoms with Crippen LogP contribution in [-0.4, -0.2) is 37.0 Å². The summed E-state index contributed by atoms with van der Waals surface area (Å²) in [6.07, 6.45) is 0.991. The van der Waals surface area contributed by atoms with Gasteiger partial charge in [-0.05, 0) is 26.0 Å². The first-order chi connectivity index (χ1) is 9.27. The first kappa shape index (κ1) is 14.9. The number of para-hydroxylation sites is 1. The fraction of sp³-hybridized carbons (Fsp3) is 0.400. The highest BCUT2D eigenvalue weighted by Gasteiger charge is 2.23. The minimum atomic E-state index is 0. The molecular weight excluding hydrogens is 276 g/mol. The van der Waals surface area contributed by atoms with Gasteiger partial charge in [0.15, 0.2) is 5.76 Å². The van der Waals surface area contributed by atoms with Gasteiger partial charge in [-0.1, -0.05) is 18.2 Å². The minimum Gasteiger partial charge on any atom is -0.451 e. The average molecular weight is 295 g/mol. The molecule has 3 rings (SSSR count). The fourth-order valence-corrected chi connectivity index (χ4v) is 2.57. The van der Waals surface area contributed by atoms with Gasteiger partial charge < -0.3 is 14.6 Å². The Kier molecular flexibility index (Phi) is 4.68. The summed E-state index contributed by atoms with van der Waals surface area (Å²) in [5, 5.41) is 4.33. The zero-order valence-electron chi connectivity index (χ0n) is 11.5. The molecule has 0 radical (unpaired) electrons. The fourth-order valence-electron chi connectivity index (χ4n) is 2.57. The molecule has 1 aliphatic heterocycles. The first-order valence-corrected chi connectivity index (χ1v) is 6.75. The number of nitrogens with zero attached hydrogens (tertiary/aromatic N) is 1. The molecule has 0 atom stereocenters. The maximum Gasteiger partial charge on any atom is 0.289 e. The first-order valence-electron chi connectivity index (χ1n) is 6.75. The number of aryl methyl sites for hydroxylation is 1. The molecule has 1 fully saturated rings. The number of amides is 1. The molecule has 2 aromatic rings. The third kappa shape index (κ3) is 2.67. The Morgan fingerprint density at radius 1 is 1.25 bits per heavy atom. The van der Waals surface area contributed by atoms with E-state index in [0.29, 0.717) is 5.76 Å². The third-order valence-electron chi connectivity index (χ3n) is 3.67. The number of furan rings is 1. The number of fused-ring (bicyclic) bond motifs is 1. The predicted molar refractivity (Wildman–Crippen MR) is 81.6 cm³/mol. The van der Waals surface area contributed by atoms with Crippen LogP contribution in [0.2, 0.25) is 0 Å². The van der Waals surface area contributed by atoms with E-state index < -0.39 is 0 Å². The van der Waals surface area contributed by atoms with Crippen LogP contribution in [0, 0.1) is 6.92 Å². The molecule has 0 bridgehead atoms. The summed E-state index contributed by atoms with van der Waals surface area (Å²) in [6, 6.07) is 7.79. The number of rotatable bonds is 1. The average Bonchev–Trinajstić information content (AvgIpc) is 2.64. The summed E-state index contributed by atoms with van der Waals surface area (Å²) >= 11 is 0. The summed E-state index contributed by atoms with van der Waals surface area (Å²) in [4.78, 5) is 14.4. The van der Waals surface area contributed by atoms with Crippen molar-refractivity contribution in [3.63, 3.8) is 0 Å². The normalized spacial score (nSPS) is 15.8. The van der Waals surface area contributed by atoms with E-state index in [1.807, 2.05) is 36.1 Å². The van der Waals surface area contributed by atoms with Crippen LogP contribution in [0.4, 0.5) is 0 Å². The second-order valence-electron chi connectivity index (χ2n) is 4.95. The van der Waals surface area contributed by atoms with Gasteiger partial charge in [0.1, 0.15) is 5.58 Å². The standard InChI is InChI=1S/C15H18N2O2.ClH/c1-11-12-5-2-3-6-13(12)19-14(11)15(18)17-9-4-7-16-8-10-17;/h2-3,5-6,16H,4,7-10H2,1H3;1H. The number of benzene rings is 1. The number of nitrogens with one attached hydrogen (secondary N) is 1. The Hall–Kier alpha value is -1.52. The molecule has 1 aromatic carbocycles. The van der Waals surface area contributed by atoms with Crippen molar-refractivity contribution in [2.24, 2.45) is 0 Å². The van der Waals surface area contributed by atoms with E-state index in [1.54, 1.807) is 0 Å². The molecule has 20 heavy (non-hydrogen) atoms. The zero-order valence-corrected chi connectivity index (χ0v) is 12.3. The lowest BCUT2D eigenvalue weighted by Gasteiger charge is -2.18. The largest absolute Gasteiger partial charge is 0.451 e. The second-order valence-corrected chi connectivity index (χ2v) is 4.95. The summed E-state index contributed by atoms with van der Waals surface area (Å²) < 4.78 is 5.74. The molecule has 1 aromatic heterocycles. The van der Waals surface area contributed by atoms with E-state index in [2.05, 4.69) is 5.32 Å². The molecule has 2 heterocycles. The van der Waals surface area contributed by atoms with Crippen molar-refractivity contribution in [1.29, 1.82) is 0 Å². The van der Waals surface area contributed by atoms with E-state index >= 15 is 0 Å². The molecule has 1 saturated heterocycles. The molecule has 0 aliphatic carbocycles. The summed E-state index contributed by atoms with van der Waals surface area (Å²) in [6.45, 7) is 5.32. The monoisotopic (exact) mass is 294 g/mol. The van der Waals surface area contributed by atoms with E-state index in [9.17, 15) is 4.79 Å². The SMILES string of the molecule is Cc1c(C(=O)N2CCCNCC2)oc2ccccc12.Cl. The Morgan fingerprint density at radius 3 is 2.85 bits per heavy atom. The van der Waals surface area contributed by atoms with Crippen LogP contribution in [-0.2, 0) is 0 Å². The lowest BCUT2D eigenvalue weighted by atomic mass is 10.1. The molecule has 4 nitrogen and oxygen atoms in total. The highest BCUT2D eigenvalue weighted by Crippen LogP contribution is 2.26. The van der Waals surface area contributed by atoms with Gasteiger partial charge >= 0.3 is 0 Å². The van der Waals surface area contributed by atoms with Gasteiger partial charge in [-0.15, -0.1) is 12.4 Å². The summed E-state index contributed by atoms with van der Waals surface area (Å²) in [7, 11) is 0. The predicted octanol–water partition coefficient (Wildman–Crippen LogP) is 2.60. The highest BCUT2D eigenvalue weighted by atomic mass is 35.5. The molecule has 1 amide bonds. The Morgan fingerprint density at radius 2 is 2.05 bits per heavy atom. The van der Waals surface area contributed by atoms with Gasteiger partial charge in [0.25, 0.3) is 5.91 Å². The van der Waals surface area contributed by atoms with Gasteiger partial charge in [0.05, 0.1) is 0 Å². The Labute approximate surface area is 124 Å². The van der Waals surface area contributed by atoms with Crippen molar-refractivity contribution in [3.05, 3.63) is 35.6 Å². The number of halogens is 1. The van der Waals surface area contributed by atoms with Gasteiger partial charge in [-0.25, -0.2) is 0 Å². The molecular formula is C15H19ClN2O2. The van der Waals surface area contributed by atoms with Crippen molar-refractivity contribution in [2.45, 2.75) is 13.3 Å². The molecule has 0 unspecified atom stereocenters. The van der Waals surface area contributed by atoms with Crippen LogP contribution in [0.1, 0.15) is 22.5 Å². The van der Waals surface area contributed by atoms with E-state index in [-0.39, 0.29) is 18.3 Å². The minimum absolute atomic E-state index is 0. The van der Waals surface area contributed by atoms with Crippen LogP contribution in [0.25, 0.3) is 11.0 Å². The van der Waals surface area contributed by atoms with Gasteiger partial charge in [0, 0.05) is 30.6 Å². The van der Waals surface area contributed by atoms with Crippen molar-refractivity contribution in [2.75, 3.05) is 26.2 Å². The lowest BCUT2D eigenvalue weighted by molar-refractivity contribution is 0.0736. The van der Waals surface area contributed by atoms with Crippen LogP contribution < -0.4 is 5.32 Å². The Balaban J connectivity index is 0.00000147. The van der Waals surface area contributed by atoms with Crippen LogP contribution in [0.5, 0.6) is 0 Å². The molecule has 1 aliphatic rings. The lowest BCUT2D eigenvalue weighted by Crippen LogP contribution is -2.34. The van der Waals surface area contributed by atoms with E-state index in [0.717, 1.165) is 49.1 Å². The molecule has 108 valence electrons. The highest BCUT2D eigenvalue weighted by molar-refractivity contribution is 5.98. The van der Waals surface area contributed by atoms with Crippen molar-refractivity contribution in [3.8, 4) is 0 Å². The van der Waals surface area contributed by atoms with Gasteiger partial charge in [-0.2, -0.15) is 0 Å². The zero-order chi connectivity index (χ0) is 13.2. The topological polar surface area (TPSA) is 45.5 Å². The number of carbonyl (C=O) groups is 1. The number of hydrogen-bond donors (Lipinski definition) is 1. The molecule has 1 N–H and O–H groups in total. The molecule has 0 spiro atoms. The van der Waals surface area contributed by atoms with Crippen LogP contribution >= 0.6 is 12.4 Å². The molecule has 0 saturated carbocycles. The quantitative estimate of drug-likeness (QED) is 0.879. The summed E-state index contributed by atoms with van der Waals surface area (Å²) in [5.41, 5.74) is 1.73. The molecule has 5 heteroatoms. The number of carbonyl (C=O) groups excluding carboxylic acids is 1.